The first-order chi connectivity index (χ1) is 8.08. The van der Waals surface area contributed by atoms with Crippen molar-refractivity contribution < 1.29 is 4.39 Å². The highest BCUT2D eigenvalue weighted by Gasteiger charge is 2.23. The van der Waals surface area contributed by atoms with Gasteiger partial charge in [-0.2, -0.15) is 0 Å². The first-order valence-corrected chi connectivity index (χ1v) is 6.36. The van der Waals surface area contributed by atoms with Crippen molar-refractivity contribution in [2.24, 2.45) is 5.92 Å². The number of hydrogen-bond acceptors (Lipinski definition) is 2. The van der Waals surface area contributed by atoms with E-state index in [1.807, 2.05) is 7.05 Å². The third-order valence-corrected chi connectivity index (χ3v) is 3.88. The van der Waals surface area contributed by atoms with Gasteiger partial charge in [-0.25, -0.2) is 4.39 Å². The molecule has 0 amide bonds. The molecule has 0 heterocycles. The Kier molecular flexibility index (Phi) is 3.55. The van der Waals surface area contributed by atoms with Gasteiger partial charge in [-0.1, -0.05) is 6.92 Å². The van der Waals surface area contributed by atoms with Gasteiger partial charge in [0.15, 0.2) is 0 Å². The summed E-state index contributed by atoms with van der Waals surface area (Å²) >= 11 is 0. The van der Waals surface area contributed by atoms with Crippen LogP contribution in [0.1, 0.15) is 32.6 Å². The van der Waals surface area contributed by atoms with Crippen molar-refractivity contribution in [2.45, 2.75) is 38.6 Å². The maximum absolute atomic E-state index is 13.8. The highest BCUT2D eigenvalue weighted by molar-refractivity contribution is 5.54. The molecule has 3 heteroatoms. The van der Waals surface area contributed by atoms with E-state index >= 15 is 0 Å². The van der Waals surface area contributed by atoms with Gasteiger partial charge in [0.25, 0.3) is 0 Å². The van der Waals surface area contributed by atoms with Crippen molar-refractivity contribution in [1.82, 2.24) is 0 Å². The number of halogens is 1. The second-order valence-corrected chi connectivity index (χ2v) is 5.24. The Hall–Kier alpha value is -1.25. The monoisotopic (exact) mass is 236 g/mol. The van der Waals surface area contributed by atoms with Crippen LogP contribution in [-0.2, 0) is 0 Å². The van der Waals surface area contributed by atoms with E-state index in [-0.39, 0.29) is 5.82 Å². The highest BCUT2D eigenvalue weighted by Crippen LogP contribution is 2.30. The van der Waals surface area contributed by atoms with Crippen molar-refractivity contribution in [3.05, 3.63) is 24.0 Å². The molecule has 1 aliphatic carbocycles. The van der Waals surface area contributed by atoms with Crippen LogP contribution in [0.4, 0.5) is 15.8 Å². The Labute approximate surface area is 103 Å². The summed E-state index contributed by atoms with van der Waals surface area (Å²) in [5, 5.41) is 0. The van der Waals surface area contributed by atoms with Crippen LogP contribution >= 0.6 is 0 Å². The third-order valence-electron chi connectivity index (χ3n) is 3.88. The third kappa shape index (κ3) is 2.71. The van der Waals surface area contributed by atoms with Crippen LogP contribution in [0.5, 0.6) is 0 Å². The fraction of sp³-hybridized carbons (Fsp3) is 0.571. The molecular weight excluding hydrogens is 215 g/mol. The first kappa shape index (κ1) is 12.2. The van der Waals surface area contributed by atoms with Crippen molar-refractivity contribution in [1.29, 1.82) is 0 Å². The zero-order valence-electron chi connectivity index (χ0n) is 10.6. The molecule has 2 nitrogen and oxygen atoms in total. The van der Waals surface area contributed by atoms with E-state index in [4.69, 9.17) is 5.73 Å². The molecule has 2 N–H and O–H groups in total. The Morgan fingerprint density at radius 3 is 2.47 bits per heavy atom. The number of nitrogens with zero attached hydrogens (tertiary/aromatic N) is 1. The van der Waals surface area contributed by atoms with Crippen molar-refractivity contribution in [3.8, 4) is 0 Å². The van der Waals surface area contributed by atoms with Gasteiger partial charge in [0, 0.05) is 18.8 Å². The Bertz CT molecular complexity index is 384. The molecule has 0 saturated heterocycles. The van der Waals surface area contributed by atoms with E-state index < -0.39 is 0 Å². The van der Waals surface area contributed by atoms with Crippen molar-refractivity contribution >= 4 is 11.4 Å². The average molecular weight is 236 g/mol. The SMILES string of the molecule is CC1CCC(N(C)c2ccc(N)cc2F)CC1. The Morgan fingerprint density at radius 2 is 1.88 bits per heavy atom. The quantitative estimate of drug-likeness (QED) is 0.797. The molecule has 0 spiro atoms. The topological polar surface area (TPSA) is 29.3 Å². The molecule has 1 aromatic rings. The second-order valence-electron chi connectivity index (χ2n) is 5.24. The number of nitrogens with two attached hydrogens (primary N) is 1. The highest BCUT2D eigenvalue weighted by atomic mass is 19.1. The molecule has 0 atom stereocenters. The van der Waals surface area contributed by atoms with Crippen molar-refractivity contribution in [3.63, 3.8) is 0 Å². The van der Waals surface area contributed by atoms with Crippen LogP contribution < -0.4 is 10.6 Å². The molecule has 1 saturated carbocycles. The summed E-state index contributed by atoms with van der Waals surface area (Å²) < 4.78 is 13.8. The van der Waals surface area contributed by atoms with Crippen LogP contribution in [0.2, 0.25) is 0 Å². The smallest absolute Gasteiger partial charge is 0.148 e. The summed E-state index contributed by atoms with van der Waals surface area (Å²) in [7, 11) is 1.98. The number of rotatable bonds is 2. The maximum atomic E-state index is 13.8. The van der Waals surface area contributed by atoms with E-state index in [0.717, 1.165) is 18.8 Å². The minimum absolute atomic E-state index is 0.217. The molecule has 1 aromatic carbocycles. The van der Waals surface area contributed by atoms with E-state index in [1.165, 1.54) is 18.9 Å². The Morgan fingerprint density at radius 1 is 1.24 bits per heavy atom. The van der Waals surface area contributed by atoms with Crippen LogP contribution in [0, 0.1) is 11.7 Å². The summed E-state index contributed by atoms with van der Waals surface area (Å²) in [6.07, 6.45) is 4.79. The normalized spacial score (nSPS) is 24.6. The van der Waals surface area contributed by atoms with E-state index in [0.29, 0.717) is 17.4 Å². The van der Waals surface area contributed by atoms with Gasteiger partial charge in [0.05, 0.1) is 5.69 Å². The second kappa shape index (κ2) is 4.94. The number of benzene rings is 1. The molecule has 0 aromatic heterocycles. The predicted octanol–water partition coefficient (Wildman–Crippen LogP) is 3.42. The van der Waals surface area contributed by atoms with Crippen LogP contribution in [0.3, 0.4) is 0 Å². The van der Waals surface area contributed by atoms with Gasteiger partial charge in [-0.15, -0.1) is 0 Å². The lowest BCUT2D eigenvalue weighted by Crippen LogP contribution is -2.35. The van der Waals surface area contributed by atoms with Crippen LogP contribution in [-0.4, -0.2) is 13.1 Å². The number of anilines is 2. The number of hydrogen-bond donors (Lipinski definition) is 1. The Balaban J connectivity index is 2.11. The summed E-state index contributed by atoms with van der Waals surface area (Å²) in [6.45, 7) is 2.29. The fourth-order valence-corrected chi connectivity index (χ4v) is 2.64. The molecule has 0 radical (unpaired) electrons. The molecule has 17 heavy (non-hydrogen) atoms. The van der Waals surface area contributed by atoms with E-state index in [2.05, 4.69) is 11.8 Å². The lowest BCUT2D eigenvalue weighted by molar-refractivity contribution is 0.339. The van der Waals surface area contributed by atoms with Gasteiger partial charge in [-0.3, -0.25) is 0 Å². The van der Waals surface area contributed by atoms with Gasteiger partial charge < -0.3 is 10.6 Å². The zero-order chi connectivity index (χ0) is 12.4. The molecule has 94 valence electrons. The predicted molar refractivity (Wildman–Crippen MR) is 70.6 cm³/mol. The lowest BCUT2D eigenvalue weighted by Gasteiger charge is -2.35. The van der Waals surface area contributed by atoms with E-state index in [9.17, 15) is 4.39 Å². The molecule has 0 aliphatic heterocycles. The maximum Gasteiger partial charge on any atom is 0.148 e. The van der Waals surface area contributed by atoms with Crippen LogP contribution in [0.15, 0.2) is 18.2 Å². The molecule has 0 bridgehead atoms. The van der Waals surface area contributed by atoms with Crippen LogP contribution in [0.25, 0.3) is 0 Å². The largest absolute Gasteiger partial charge is 0.399 e. The van der Waals surface area contributed by atoms with Gasteiger partial charge in [0.1, 0.15) is 5.82 Å². The molecule has 0 unspecified atom stereocenters. The van der Waals surface area contributed by atoms with Gasteiger partial charge >= 0.3 is 0 Å². The van der Waals surface area contributed by atoms with Crippen molar-refractivity contribution in [2.75, 3.05) is 17.7 Å². The van der Waals surface area contributed by atoms with E-state index in [1.54, 1.807) is 12.1 Å². The summed E-state index contributed by atoms with van der Waals surface area (Å²) in [5.74, 6) is 0.599. The molecule has 1 aliphatic rings. The molecule has 1 fully saturated rings. The molecular formula is C14H21FN2. The summed E-state index contributed by atoms with van der Waals surface area (Å²) in [4.78, 5) is 2.07. The van der Waals surface area contributed by atoms with Gasteiger partial charge in [0.2, 0.25) is 0 Å². The summed E-state index contributed by atoms with van der Waals surface area (Å²) in [6, 6.07) is 5.41. The van der Waals surface area contributed by atoms with Gasteiger partial charge in [-0.05, 0) is 49.8 Å². The standard InChI is InChI=1S/C14H21FN2/c1-10-3-6-12(7-4-10)17(2)14-8-5-11(16)9-13(14)15/h5,8-10,12H,3-4,6-7,16H2,1-2H3. The fourth-order valence-electron chi connectivity index (χ4n) is 2.64. The first-order valence-electron chi connectivity index (χ1n) is 6.36. The lowest BCUT2D eigenvalue weighted by atomic mass is 9.86. The minimum atomic E-state index is -0.217. The number of nitrogen functional groups attached to an aromatic ring is 1. The minimum Gasteiger partial charge on any atom is -0.399 e. The molecule has 2 rings (SSSR count). The zero-order valence-corrected chi connectivity index (χ0v) is 10.6. The summed E-state index contributed by atoms with van der Waals surface area (Å²) in [5.41, 5.74) is 6.71. The average Bonchev–Trinajstić information content (AvgIpc) is 2.29.